The SMILES string of the molecule is COc1cccc(S(=O)(=O)N(OC)C(C)=O)c1N. The van der Waals surface area contributed by atoms with E-state index in [9.17, 15) is 13.2 Å². The third-order valence-corrected chi connectivity index (χ3v) is 3.92. The molecule has 0 fully saturated rings. The number of anilines is 1. The van der Waals surface area contributed by atoms with E-state index in [0.29, 0.717) is 0 Å². The fourth-order valence-corrected chi connectivity index (χ4v) is 2.75. The molecular formula is C10H14N2O5S. The summed E-state index contributed by atoms with van der Waals surface area (Å²) in [5.74, 6) is -0.574. The Morgan fingerprint density at radius 1 is 1.33 bits per heavy atom. The van der Waals surface area contributed by atoms with Crippen LogP contribution in [0.3, 0.4) is 0 Å². The van der Waals surface area contributed by atoms with E-state index in [1.54, 1.807) is 0 Å². The average molecular weight is 274 g/mol. The maximum absolute atomic E-state index is 12.1. The van der Waals surface area contributed by atoms with Crippen molar-refractivity contribution >= 4 is 21.6 Å². The molecule has 1 aromatic rings. The molecule has 0 heterocycles. The molecule has 7 nitrogen and oxygen atoms in total. The first-order valence-electron chi connectivity index (χ1n) is 4.88. The van der Waals surface area contributed by atoms with E-state index in [1.807, 2.05) is 0 Å². The molecule has 0 aliphatic heterocycles. The van der Waals surface area contributed by atoms with Crippen LogP contribution in [-0.2, 0) is 19.7 Å². The Morgan fingerprint density at radius 3 is 2.39 bits per heavy atom. The van der Waals surface area contributed by atoms with Crippen molar-refractivity contribution in [1.29, 1.82) is 0 Å². The minimum Gasteiger partial charge on any atom is -0.495 e. The summed E-state index contributed by atoms with van der Waals surface area (Å²) in [5.41, 5.74) is 5.59. The highest BCUT2D eigenvalue weighted by molar-refractivity contribution is 7.89. The van der Waals surface area contributed by atoms with Crippen molar-refractivity contribution in [2.24, 2.45) is 0 Å². The van der Waals surface area contributed by atoms with Crippen LogP contribution in [0.15, 0.2) is 23.1 Å². The number of ether oxygens (including phenoxy) is 1. The van der Waals surface area contributed by atoms with Crippen LogP contribution in [-0.4, -0.2) is 33.0 Å². The molecular weight excluding hydrogens is 260 g/mol. The first-order valence-corrected chi connectivity index (χ1v) is 6.32. The summed E-state index contributed by atoms with van der Waals surface area (Å²) < 4.78 is 29.5. The van der Waals surface area contributed by atoms with Gasteiger partial charge in [-0.15, -0.1) is 4.47 Å². The zero-order valence-electron chi connectivity index (χ0n) is 10.2. The lowest BCUT2D eigenvalue weighted by atomic mass is 10.3. The molecule has 1 amide bonds. The van der Waals surface area contributed by atoms with Gasteiger partial charge in [0.25, 0.3) is 15.9 Å². The van der Waals surface area contributed by atoms with Gasteiger partial charge in [-0.05, 0) is 12.1 Å². The second-order valence-corrected chi connectivity index (χ2v) is 5.03. The van der Waals surface area contributed by atoms with Crippen LogP contribution in [0.2, 0.25) is 0 Å². The van der Waals surface area contributed by atoms with E-state index in [-0.39, 0.29) is 20.8 Å². The van der Waals surface area contributed by atoms with Crippen LogP contribution >= 0.6 is 0 Å². The van der Waals surface area contributed by atoms with Gasteiger partial charge in [0.2, 0.25) is 0 Å². The highest BCUT2D eigenvalue weighted by Crippen LogP contribution is 2.30. The quantitative estimate of drug-likeness (QED) is 0.629. The molecule has 0 aliphatic rings. The molecule has 1 aromatic carbocycles. The number of hydroxylamine groups is 1. The molecule has 1 rings (SSSR count). The monoisotopic (exact) mass is 274 g/mol. The summed E-state index contributed by atoms with van der Waals surface area (Å²) in [6.45, 7) is 1.07. The number of nitrogens with zero attached hydrogens (tertiary/aromatic N) is 1. The number of nitrogens with two attached hydrogens (primary N) is 1. The number of rotatable bonds is 4. The number of sulfonamides is 1. The third-order valence-electron chi connectivity index (χ3n) is 2.17. The summed E-state index contributed by atoms with van der Waals surface area (Å²) in [5, 5.41) is 0. The zero-order chi connectivity index (χ0) is 13.9. The van der Waals surface area contributed by atoms with Gasteiger partial charge in [0, 0.05) is 6.92 Å². The predicted octanol–water partition coefficient (Wildman–Crippen LogP) is 0.376. The summed E-state index contributed by atoms with van der Waals surface area (Å²) >= 11 is 0. The molecule has 0 aliphatic carbocycles. The van der Waals surface area contributed by atoms with Crippen molar-refractivity contribution in [2.45, 2.75) is 11.8 Å². The van der Waals surface area contributed by atoms with Crippen LogP contribution in [0.5, 0.6) is 5.75 Å². The number of para-hydroxylation sites is 1. The smallest absolute Gasteiger partial charge is 0.291 e. The number of hydrogen-bond donors (Lipinski definition) is 1. The molecule has 8 heteroatoms. The van der Waals surface area contributed by atoms with E-state index in [4.69, 9.17) is 10.5 Å². The number of carbonyl (C=O) groups is 1. The minimum absolute atomic E-state index is 0.0803. The number of benzene rings is 1. The van der Waals surface area contributed by atoms with E-state index < -0.39 is 15.9 Å². The lowest BCUT2D eigenvalue weighted by Gasteiger charge is -2.19. The Hall–Kier alpha value is -1.80. The Balaban J connectivity index is 3.41. The van der Waals surface area contributed by atoms with Crippen molar-refractivity contribution < 1.29 is 22.8 Å². The van der Waals surface area contributed by atoms with E-state index >= 15 is 0 Å². The normalized spacial score (nSPS) is 11.1. The molecule has 0 atom stereocenters. The Bertz CT molecular complexity index is 555. The number of methoxy groups -OCH3 is 1. The van der Waals surface area contributed by atoms with Gasteiger partial charge in [0.15, 0.2) is 0 Å². The third kappa shape index (κ3) is 2.39. The second-order valence-electron chi connectivity index (χ2n) is 3.31. The molecule has 18 heavy (non-hydrogen) atoms. The summed E-state index contributed by atoms with van der Waals surface area (Å²) in [4.78, 5) is 15.5. The molecule has 0 unspecified atom stereocenters. The standard InChI is InChI=1S/C10H14N2O5S/c1-7(13)12(17-3)18(14,15)9-6-4-5-8(16-2)10(9)11/h4-6H,11H2,1-3H3. The van der Waals surface area contributed by atoms with Gasteiger partial charge in [-0.3, -0.25) is 9.63 Å². The molecule has 2 N–H and O–H groups in total. The minimum atomic E-state index is -4.16. The average Bonchev–Trinajstić information content (AvgIpc) is 2.28. The lowest BCUT2D eigenvalue weighted by Crippen LogP contribution is -2.34. The van der Waals surface area contributed by atoms with Crippen molar-refractivity contribution in [3.63, 3.8) is 0 Å². The van der Waals surface area contributed by atoms with Gasteiger partial charge in [0.05, 0.1) is 19.9 Å². The fraction of sp³-hybridized carbons (Fsp3) is 0.300. The highest BCUT2D eigenvalue weighted by atomic mass is 32.2. The largest absolute Gasteiger partial charge is 0.495 e. The summed E-state index contributed by atoms with van der Waals surface area (Å²) in [7, 11) is -1.72. The van der Waals surface area contributed by atoms with E-state index in [1.165, 1.54) is 25.3 Å². The Morgan fingerprint density at radius 2 is 1.94 bits per heavy atom. The highest BCUT2D eigenvalue weighted by Gasteiger charge is 2.30. The summed E-state index contributed by atoms with van der Waals surface area (Å²) in [6, 6.07) is 4.23. The van der Waals surface area contributed by atoms with Gasteiger partial charge in [-0.2, -0.15) is 8.42 Å². The van der Waals surface area contributed by atoms with Crippen molar-refractivity contribution in [3.05, 3.63) is 18.2 Å². The maximum Gasteiger partial charge on any atom is 0.291 e. The van der Waals surface area contributed by atoms with Crippen LogP contribution in [0.1, 0.15) is 6.92 Å². The number of hydrogen-bond acceptors (Lipinski definition) is 6. The van der Waals surface area contributed by atoms with Crippen LogP contribution in [0, 0.1) is 0 Å². The van der Waals surface area contributed by atoms with Crippen molar-refractivity contribution in [3.8, 4) is 5.75 Å². The first kappa shape index (κ1) is 14.3. The van der Waals surface area contributed by atoms with E-state index in [0.717, 1.165) is 14.0 Å². The van der Waals surface area contributed by atoms with Gasteiger partial charge in [-0.25, -0.2) is 0 Å². The van der Waals surface area contributed by atoms with Gasteiger partial charge in [0.1, 0.15) is 10.6 Å². The first-order chi connectivity index (χ1) is 8.36. The molecule has 0 bridgehead atoms. The van der Waals surface area contributed by atoms with E-state index in [2.05, 4.69) is 4.84 Å². The van der Waals surface area contributed by atoms with Gasteiger partial charge in [-0.1, -0.05) is 6.07 Å². The molecule has 0 saturated carbocycles. The zero-order valence-corrected chi connectivity index (χ0v) is 11.0. The maximum atomic E-state index is 12.1. The molecule has 0 aromatic heterocycles. The van der Waals surface area contributed by atoms with Crippen LogP contribution in [0.4, 0.5) is 5.69 Å². The lowest BCUT2D eigenvalue weighted by molar-refractivity contribution is -0.149. The van der Waals surface area contributed by atoms with Crippen LogP contribution < -0.4 is 10.5 Å². The topological polar surface area (TPSA) is 98.9 Å². The number of nitrogen functional groups attached to an aromatic ring is 1. The Labute approximate surface area is 105 Å². The molecule has 100 valence electrons. The predicted molar refractivity (Wildman–Crippen MR) is 64.1 cm³/mol. The number of carbonyl (C=O) groups excluding carboxylic acids is 1. The van der Waals surface area contributed by atoms with Crippen molar-refractivity contribution in [1.82, 2.24) is 4.47 Å². The second kappa shape index (κ2) is 5.23. The molecule has 0 spiro atoms. The van der Waals surface area contributed by atoms with Gasteiger partial charge < -0.3 is 10.5 Å². The van der Waals surface area contributed by atoms with Crippen LogP contribution in [0.25, 0.3) is 0 Å². The number of amides is 1. The summed E-state index contributed by atoms with van der Waals surface area (Å²) in [6.07, 6.45) is 0. The van der Waals surface area contributed by atoms with Gasteiger partial charge >= 0.3 is 0 Å². The molecule has 0 radical (unpaired) electrons. The molecule has 0 saturated heterocycles. The Kier molecular flexibility index (Phi) is 4.15. The van der Waals surface area contributed by atoms with Crippen molar-refractivity contribution in [2.75, 3.05) is 20.0 Å². The fourth-order valence-electron chi connectivity index (χ4n) is 1.41.